The number of rotatable bonds is 10. The molecule has 2 heterocycles. The van der Waals surface area contributed by atoms with Gasteiger partial charge in [0, 0.05) is 88.6 Å². The average Bonchev–Trinajstić information content (AvgIpc) is 2.91. The molecule has 2 aromatic rings. The summed E-state index contributed by atoms with van der Waals surface area (Å²) in [5.41, 5.74) is 7.07. The maximum atomic E-state index is 12.1. The van der Waals surface area contributed by atoms with Gasteiger partial charge in [-0.25, -0.2) is 0 Å². The van der Waals surface area contributed by atoms with Crippen LogP contribution in [0.2, 0.25) is 0 Å². The molecular formula is C29H44N6O2. The Bertz CT molecular complexity index is 1030. The van der Waals surface area contributed by atoms with Crippen LogP contribution in [0.3, 0.4) is 0 Å². The molecule has 0 aromatic heterocycles. The molecule has 0 aliphatic carbocycles. The van der Waals surface area contributed by atoms with Gasteiger partial charge >= 0.3 is 0 Å². The quantitative estimate of drug-likeness (QED) is 0.290. The summed E-state index contributed by atoms with van der Waals surface area (Å²) in [6, 6.07) is 13.0. The average molecular weight is 509 g/mol. The van der Waals surface area contributed by atoms with Crippen LogP contribution in [0, 0.1) is 19.8 Å². The van der Waals surface area contributed by atoms with E-state index in [1.807, 2.05) is 20.0 Å². The maximum absolute atomic E-state index is 12.1. The van der Waals surface area contributed by atoms with Gasteiger partial charge in [-0.15, -0.1) is 0 Å². The second-order valence-corrected chi connectivity index (χ2v) is 10.4. The minimum absolute atomic E-state index is 0.0434. The number of hydrogen-bond donors (Lipinski definition) is 4. The molecule has 8 heteroatoms. The highest BCUT2D eigenvalue weighted by Crippen LogP contribution is 2.29. The minimum atomic E-state index is -0.112. The molecule has 2 aliphatic rings. The fourth-order valence-electron chi connectivity index (χ4n) is 5.55. The molecule has 37 heavy (non-hydrogen) atoms. The Morgan fingerprint density at radius 2 is 1.70 bits per heavy atom. The normalized spacial score (nSPS) is 17.2. The van der Waals surface area contributed by atoms with E-state index in [1.165, 1.54) is 42.0 Å². The monoisotopic (exact) mass is 508 g/mol. The highest BCUT2D eigenvalue weighted by atomic mass is 16.3. The number of piperidine rings is 1. The first-order valence-electron chi connectivity index (χ1n) is 13.7. The zero-order valence-electron chi connectivity index (χ0n) is 22.7. The smallest absolute Gasteiger partial charge is 0.225 e. The number of carbonyl (C=O) groups is 1. The van der Waals surface area contributed by atoms with Crippen molar-refractivity contribution in [2.45, 2.75) is 33.1 Å². The SMILES string of the molecule is CNc1ccc(N2CCC(CN3CCN(c4ccc(NC(=O)CCNCO)c(C)c4)CC3)CC2)c(C)c1. The summed E-state index contributed by atoms with van der Waals surface area (Å²) in [4.78, 5) is 19.8. The van der Waals surface area contributed by atoms with Crippen molar-refractivity contribution in [3.8, 4) is 0 Å². The molecule has 2 fully saturated rings. The Hall–Kier alpha value is -2.81. The van der Waals surface area contributed by atoms with Crippen molar-refractivity contribution < 1.29 is 9.90 Å². The van der Waals surface area contributed by atoms with Gasteiger partial charge in [0.1, 0.15) is 0 Å². The Kier molecular flexibility index (Phi) is 9.66. The van der Waals surface area contributed by atoms with Crippen molar-refractivity contribution in [1.29, 1.82) is 0 Å². The molecule has 0 spiro atoms. The number of anilines is 4. The van der Waals surface area contributed by atoms with Crippen LogP contribution in [0.1, 0.15) is 30.4 Å². The van der Waals surface area contributed by atoms with Crippen LogP contribution in [0.4, 0.5) is 22.7 Å². The van der Waals surface area contributed by atoms with E-state index in [2.05, 4.69) is 67.9 Å². The van der Waals surface area contributed by atoms with Gasteiger partial charge in [-0.05, 0) is 80.1 Å². The first kappa shape index (κ1) is 27.2. The van der Waals surface area contributed by atoms with Gasteiger partial charge in [0.05, 0.1) is 6.73 Å². The molecule has 8 nitrogen and oxygen atoms in total. The predicted octanol–water partition coefficient (Wildman–Crippen LogP) is 3.25. The van der Waals surface area contributed by atoms with Crippen molar-refractivity contribution in [3.63, 3.8) is 0 Å². The molecule has 4 rings (SSSR count). The number of aliphatic hydroxyl groups is 1. The lowest BCUT2D eigenvalue weighted by Crippen LogP contribution is -2.49. The summed E-state index contributed by atoms with van der Waals surface area (Å²) in [6.07, 6.45) is 2.86. The zero-order valence-corrected chi connectivity index (χ0v) is 22.7. The van der Waals surface area contributed by atoms with E-state index in [-0.39, 0.29) is 12.6 Å². The van der Waals surface area contributed by atoms with Crippen LogP contribution in [-0.2, 0) is 4.79 Å². The molecule has 0 bridgehead atoms. The van der Waals surface area contributed by atoms with Crippen LogP contribution in [-0.4, -0.2) is 82.1 Å². The van der Waals surface area contributed by atoms with Gasteiger partial charge < -0.3 is 25.5 Å². The standard InChI is InChI=1S/C29H44N6O2/c1-22-19-26(5-6-27(22)32-29(37)8-11-31-21-36)34-16-14-33(15-17-34)20-24-9-12-35(13-10-24)28-7-4-25(30-3)18-23(28)2/h4-7,18-19,24,30-31,36H,8-17,20-21H2,1-3H3,(H,32,37). The van der Waals surface area contributed by atoms with Gasteiger partial charge in [-0.3, -0.25) is 15.0 Å². The molecule has 4 N–H and O–H groups in total. The largest absolute Gasteiger partial charge is 0.388 e. The predicted molar refractivity (Wildman–Crippen MR) is 154 cm³/mol. The fraction of sp³-hybridized carbons (Fsp3) is 0.552. The van der Waals surface area contributed by atoms with Crippen LogP contribution < -0.4 is 25.8 Å². The van der Waals surface area contributed by atoms with Crippen molar-refractivity contribution in [2.75, 3.05) is 86.6 Å². The number of nitrogens with one attached hydrogen (secondary N) is 3. The molecule has 2 saturated heterocycles. The molecule has 0 radical (unpaired) electrons. The third kappa shape index (κ3) is 7.37. The third-order valence-electron chi connectivity index (χ3n) is 7.82. The highest BCUT2D eigenvalue weighted by Gasteiger charge is 2.25. The lowest BCUT2D eigenvalue weighted by atomic mass is 9.95. The number of hydrogen-bond acceptors (Lipinski definition) is 7. The van der Waals surface area contributed by atoms with Crippen molar-refractivity contribution in [3.05, 3.63) is 47.5 Å². The summed E-state index contributed by atoms with van der Waals surface area (Å²) < 4.78 is 0. The van der Waals surface area contributed by atoms with Crippen molar-refractivity contribution in [2.24, 2.45) is 5.92 Å². The lowest BCUT2D eigenvalue weighted by molar-refractivity contribution is -0.116. The fourth-order valence-corrected chi connectivity index (χ4v) is 5.55. The van der Waals surface area contributed by atoms with E-state index < -0.39 is 0 Å². The summed E-state index contributed by atoms with van der Waals surface area (Å²) in [7, 11) is 1.97. The lowest BCUT2D eigenvalue weighted by Gasteiger charge is -2.40. The second kappa shape index (κ2) is 13.1. The third-order valence-corrected chi connectivity index (χ3v) is 7.82. The van der Waals surface area contributed by atoms with Gasteiger partial charge in [0.2, 0.25) is 5.91 Å². The summed E-state index contributed by atoms with van der Waals surface area (Å²) in [5.74, 6) is 0.732. The minimum Gasteiger partial charge on any atom is -0.388 e. The topological polar surface area (TPSA) is 83.1 Å². The molecular weight excluding hydrogens is 464 g/mol. The number of benzene rings is 2. The Morgan fingerprint density at radius 1 is 0.946 bits per heavy atom. The second-order valence-electron chi connectivity index (χ2n) is 10.4. The number of nitrogens with zero attached hydrogens (tertiary/aromatic N) is 3. The summed E-state index contributed by atoms with van der Waals surface area (Å²) in [5, 5.41) is 17.8. The van der Waals surface area contributed by atoms with Gasteiger partial charge in [0.15, 0.2) is 0 Å². The Morgan fingerprint density at radius 3 is 2.35 bits per heavy atom. The number of aryl methyl sites for hydroxylation is 2. The van der Waals surface area contributed by atoms with Crippen LogP contribution in [0.5, 0.6) is 0 Å². The van der Waals surface area contributed by atoms with Gasteiger partial charge in [-0.1, -0.05) is 0 Å². The van der Waals surface area contributed by atoms with Crippen molar-refractivity contribution >= 4 is 28.7 Å². The Labute approximate surface area is 222 Å². The van der Waals surface area contributed by atoms with Gasteiger partial charge in [0.25, 0.3) is 0 Å². The van der Waals surface area contributed by atoms with E-state index in [0.29, 0.717) is 13.0 Å². The number of aliphatic hydroxyl groups excluding tert-OH is 1. The number of carbonyl (C=O) groups excluding carboxylic acids is 1. The molecule has 2 aromatic carbocycles. The molecule has 202 valence electrons. The summed E-state index contributed by atoms with van der Waals surface area (Å²) >= 11 is 0. The van der Waals surface area contributed by atoms with Crippen LogP contribution >= 0.6 is 0 Å². The van der Waals surface area contributed by atoms with Gasteiger partial charge in [-0.2, -0.15) is 0 Å². The summed E-state index contributed by atoms with van der Waals surface area (Å²) in [6.45, 7) is 12.4. The molecule has 0 saturated carbocycles. The maximum Gasteiger partial charge on any atom is 0.225 e. The number of piperazine rings is 1. The van der Waals surface area contributed by atoms with Crippen LogP contribution in [0.25, 0.3) is 0 Å². The van der Waals surface area contributed by atoms with E-state index in [4.69, 9.17) is 5.11 Å². The van der Waals surface area contributed by atoms with E-state index in [0.717, 1.165) is 56.4 Å². The molecule has 0 unspecified atom stereocenters. The number of amides is 1. The molecule has 1 amide bonds. The Balaban J connectivity index is 1.21. The van der Waals surface area contributed by atoms with E-state index >= 15 is 0 Å². The van der Waals surface area contributed by atoms with E-state index in [1.54, 1.807) is 0 Å². The molecule has 0 atom stereocenters. The highest BCUT2D eigenvalue weighted by molar-refractivity contribution is 5.91. The zero-order chi connectivity index (χ0) is 26.2. The van der Waals surface area contributed by atoms with E-state index in [9.17, 15) is 4.79 Å². The van der Waals surface area contributed by atoms with Crippen LogP contribution in [0.15, 0.2) is 36.4 Å². The molecule has 2 aliphatic heterocycles. The van der Waals surface area contributed by atoms with Crippen molar-refractivity contribution in [1.82, 2.24) is 10.2 Å². The first-order valence-corrected chi connectivity index (χ1v) is 13.7. The first-order chi connectivity index (χ1) is 18.0.